The molecule has 0 unspecified atom stereocenters. The normalized spacial score (nSPS) is 10.7. The summed E-state index contributed by atoms with van der Waals surface area (Å²) in [6.07, 6.45) is -0.443. The van der Waals surface area contributed by atoms with Crippen LogP contribution in [0.25, 0.3) is 0 Å². The molecular weight excluding hydrogens is 372 g/mol. The molecule has 9 heteroatoms. The number of anilines is 1. The molecule has 2 aromatic carbocycles. The first kappa shape index (κ1) is 20.1. The third kappa shape index (κ3) is 5.93. The number of sulfonamides is 1. The maximum atomic E-state index is 12.3. The minimum atomic E-state index is -4.07. The van der Waals surface area contributed by atoms with Crippen molar-refractivity contribution in [3.05, 3.63) is 60.2 Å². The number of hydrogen-bond donors (Lipinski definition) is 2. The molecule has 0 heterocycles. The van der Waals surface area contributed by atoms with Gasteiger partial charge in [-0.05, 0) is 43.3 Å². The molecule has 8 nitrogen and oxygen atoms in total. The van der Waals surface area contributed by atoms with Crippen molar-refractivity contribution in [2.24, 2.45) is 0 Å². The quantitative estimate of drug-likeness (QED) is 0.549. The van der Waals surface area contributed by atoms with Crippen LogP contribution < -0.4 is 10.0 Å². The Labute approximate surface area is 156 Å². The molecule has 2 N–H and O–H groups in total. The van der Waals surface area contributed by atoms with Crippen molar-refractivity contribution < 1.29 is 27.5 Å². The Morgan fingerprint density at radius 1 is 0.963 bits per heavy atom. The van der Waals surface area contributed by atoms with Crippen LogP contribution >= 0.6 is 0 Å². The SMILES string of the molecule is CCOC(=O)CC(=O)Nc1ccc(S(=O)(=O)NC(=O)c2ccccc2)cc1. The highest BCUT2D eigenvalue weighted by molar-refractivity contribution is 7.90. The third-order valence-electron chi connectivity index (χ3n) is 3.32. The number of nitrogens with one attached hydrogen (secondary N) is 2. The summed E-state index contributed by atoms with van der Waals surface area (Å²) in [5, 5.41) is 2.45. The number of rotatable bonds is 7. The lowest BCUT2D eigenvalue weighted by atomic mass is 10.2. The fraction of sp³-hybridized carbons (Fsp3) is 0.167. The van der Waals surface area contributed by atoms with Crippen molar-refractivity contribution >= 4 is 33.5 Å². The van der Waals surface area contributed by atoms with Crippen LogP contribution in [0.5, 0.6) is 0 Å². The average Bonchev–Trinajstić information content (AvgIpc) is 2.62. The number of esters is 1. The number of carbonyl (C=O) groups excluding carboxylic acids is 3. The van der Waals surface area contributed by atoms with Gasteiger partial charge < -0.3 is 10.1 Å². The molecule has 0 aliphatic rings. The second-order valence-corrected chi connectivity index (χ2v) is 7.04. The summed E-state index contributed by atoms with van der Waals surface area (Å²) >= 11 is 0. The van der Waals surface area contributed by atoms with E-state index in [1.165, 1.54) is 36.4 Å². The second kappa shape index (κ2) is 8.95. The molecular formula is C18H18N2O6S. The molecule has 0 aromatic heterocycles. The lowest BCUT2D eigenvalue weighted by molar-refractivity contribution is -0.145. The Bertz CT molecular complexity index is 924. The highest BCUT2D eigenvalue weighted by Crippen LogP contribution is 2.15. The van der Waals surface area contributed by atoms with Gasteiger partial charge in [-0.3, -0.25) is 14.4 Å². The largest absolute Gasteiger partial charge is 0.466 e. The van der Waals surface area contributed by atoms with Crippen LogP contribution in [0, 0.1) is 0 Å². The van der Waals surface area contributed by atoms with Crippen LogP contribution in [-0.2, 0) is 24.3 Å². The Kier molecular flexibility index (Phi) is 6.67. The van der Waals surface area contributed by atoms with Gasteiger partial charge in [0.15, 0.2) is 0 Å². The van der Waals surface area contributed by atoms with Gasteiger partial charge in [-0.1, -0.05) is 18.2 Å². The Morgan fingerprint density at radius 3 is 2.19 bits per heavy atom. The van der Waals surface area contributed by atoms with E-state index >= 15 is 0 Å². The van der Waals surface area contributed by atoms with Crippen molar-refractivity contribution in [2.45, 2.75) is 18.2 Å². The summed E-state index contributed by atoms with van der Waals surface area (Å²) in [5.41, 5.74) is 0.515. The van der Waals surface area contributed by atoms with Crippen LogP contribution in [-0.4, -0.2) is 32.8 Å². The standard InChI is InChI=1S/C18H18N2O6S/c1-2-26-17(22)12-16(21)19-14-8-10-15(11-9-14)27(24,25)20-18(23)13-6-4-3-5-7-13/h3-11H,2,12H2,1H3,(H,19,21)(H,20,23). The van der Waals surface area contributed by atoms with Crippen molar-refractivity contribution in [1.29, 1.82) is 0 Å². The molecule has 0 aliphatic carbocycles. The Balaban J connectivity index is 2.02. The third-order valence-corrected chi connectivity index (χ3v) is 4.67. The smallest absolute Gasteiger partial charge is 0.315 e. The zero-order valence-corrected chi connectivity index (χ0v) is 15.3. The highest BCUT2D eigenvalue weighted by Gasteiger charge is 2.19. The summed E-state index contributed by atoms with van der Waals surface area (Å²) in [6, 6.07) is 13.1. The van der Waals surface area contributed by atoms with Crippen molar-refractivity contribution in [3.63, 3.8) is 0 Å². The van der Waals surface area contributed by atoms with Crippen molar-refractivity contribution in [2.75, 3.05) is 11.9 Å². The van der Waals surface area contributed by atoms with Gasteiger partial charge in [0.1, 0.15) is 6.42 Å². The van der Waals surface area contributed by atoms with Gasteiger partial charge in [0, 0.05) is 11.3 Å². The summed E-state index contributed by atoms with van der Waals surface area (Å²) in [7, 11) is -4.07. The molecule has 142 valence electrons. The maximum Gasteiger partial charge on any atom is 0.315 e. The predicted molar refractivity (Wildman–Crippen MR) is 97.4 cm³/mol. The van der Waals surface area contributed by atoms with Crippen molar-refractivity contribution in [1.82, 2.24) is 4.72 Å². The van der Waals surface area contributed by atoms with E-state index in [1.807, 2.05) is 4.72 Å². The minimum Gasteiger partial charge on any atom is -0.466 e. The van der Waals surface area contributed by atoms with Crippen LogP contribution in [0.1, 0.15) is 23.7 Å². The van der Waals surface area contributed by atoms with E-state index in [1.54, 1.807) is 25.1 Å². The minimum absolute atomic E-state index is 0.143. The first-order valence-electron chi connectivity index (χ1n) is 7.99. The molecule has 0 radical (unpaired) electrons. The number of benzene rings is 2. The molecule has 0 spiro atoms. The van der Waals surface area contributed by atoms with Crippen LogP contribution in [0.4, 0.5) is 5.69 Å². The van der Waals surface area contributed by atoms with Gasteiger partial charge >= 0.3 is 5.97 Å². The van der Waals surface area contributed by atoms with Gasteiger partial charge in [-0.2, -0.15) is 0 Å². The van der Waals surface area contributed by atoms with E-state index in [0.29, 0.717) is 5.69 Å². The van der Waals surface area contributed by atoms with Gasteiger partial charge in [0.2, 0.25) is 5.91 Å². The number of hydrogen-bond acceptors (Lipinski definition) is 6. The first-order valence-corrected chi connectivity index (χ1v) is 9.48. The average molecular weight is 390 g/mol. The molecule has 0 saturated heterocycles. The summed E-state index contributed by atoms with van der Waals surface area (Å²) in [4.78, 5) is 34.8. The zero-order chi connectivity index (χ0) is 19.9. The Hall–Kier alpha value is -3.20. The maximum absolute atomic E-state index is 12.3. The summed E-state index contributed by atoms with van der Waals surface area (Å²) in [5.74, 6) is -1.98. The molecule has 0 bridgehead atoms. The molecule has 0 atom stereocenters. The fourth-order valence-corrected chi connectivity index (χ4v) is 3.07. The van der Waals surface area contributed by atoms with E-state index in [0.717, 1.165) is 0 Å². The molecule has 0 saturated carbocycles. The summed E-state index contributed by atoms with van der Waals surface area (Å²) < 4.78 is 31.2. The molecule has 0 aliphatic heterocycles. The summed E-state index contributed by atoms with van der Waals surface area (Å²) in [6.45, 7) is 1.80. The lowest BCUT2D eigenvalue weighted by Gasteiger charge is -2.09. The molecule has 2 amide bonds. The molecule has 2 rings (SSSR count). The van der Waals surface area contributed by atoms with Crippen LogP contribution in [0.3, 0.4) is 0 Å². The van der Waals surface area contributed by atoms with E-state index < -0.39 is 34.2 Å². The first-order chi connectivity index (χ1) is 12.8. The fourth-order valence-electron chi connectivity index (χ4n) is 2.10. The topological polar surface area (TPSA) is 119 Å². The number of carbonyl (C=O) groups is 3. The Morgan fingerprint density at radius 2 is 1.59 bits per heavy atom. The molecule has 0 fully saturated rings. The zero-order valence-electron chi connectivity index (χ0n) is 14.5. The van der Waals surface area contributed by atoms with E-state index in [4.69, 9.17) is 0 Å². The van der Waals surface area contributed by atoms with Crippen LogP contribution in [0.2, 0.25) is 0 Å². The monoisotopic (exact) mass is 390 g/mol. The second-order valence-electron chi connectivity index (χ2n) is 5.36. The van der Waals surface area contributed by atoms with Gasteiger partial charge in [-0.25, -0.2) is 13.1 Å². The predicted octanol–water partition coefficient (Wildman–Crippen LogP) is 1.70. The molecule has 27 heavy (non-hydrogen) atoms. The number of ether oxygens (including phenoxy) is 1. The van der Waals surface area contributed by atoms with Gasteiger partial charge in [0.25, 0.3) is 15.9 Å². The lowest BCUT2D eigenvalue weighted by Crippen LogP contribution is -2.30. The van der Waals surface area contributed by atoms with Crippen molar-refractivity contribution in [3.8, 4) is 0 Å². The van der Waals surface area contributed by atoms with Gasteiger partial charge in [-0.15, -0.1) is 0 Å². The molecule has 2 aromatic rings. The number of amides is 2. The van der Waals surface area contributed by atoms with E-state index in [9.17, 15) is 22.8 Å². The highest BCUT2D eigenvalue weighted by atomic mass is 32.2. The van der Waals surface area contributed by atoms with E-state index in [-0.39, 0.29) is 17.1 Å². The van der Waals surface area contributed by atoms with Gasteiger partial charge in [0.05, 0.1) is 11.5 Å². The van der Waals surface area contributed by atoms with E-state index in [2.05, 4.69) is 10.1 Å². The van der Waals surface area contributed by atoms with Crippen LogP contribution in [0.15, 0.2) is 59.5 Å².